The summed E-state index contributed by atoms with van der Waals surface area (Å²) >= 11 is 0. The lowest BCUT2D eigenvalue weighted by molar-refractivity contribution is -0.0390. The Labute approximate surface area is 105 Å². The Morgan fingerprint density at radius 2 is 1.88 bits per heavy atom. The molecule has 3 nitrogen and oxygen atoms in total. The SMILES string of the molecule is C=CCCCC=CCOC(C)COC(C)CO. The Hall–Kier alpha value is -0.640. The average Bonchev–Trinajstić information content (AvgIpc) is 2.34. The first-order chi connectivity index (χ1) is 8.20. The molecule has 0 aromatic heterocycles. The standard InChI is InChI=1S/C14H26O3/c1-4-5-6-7-8-9-10-16-14(3)12-17-13(2)11-15/h4,8-9,13-15H,1,5-7,10-12H2,2-3H3. The van der Waals surface area contributed by atoms with E-state index in [9.17, 15) is 0 Å². The Morgan fingerprint density at radius 3 is 2.53 bits per heavy atom. The third-order valence-electron chi connectivity index (χ3n) is 2.30. The van der Waals surface area contributed by atoms with Gasteiger partial charge in [0.1, 0.15) is 0 Å². The lowest BCUT2D eigenvalue weighted by Crippen LogP contribution is -2.22. The van der Waals surface area contributed by atoms with Gasteiger partial charge in [0.25, 0.3) is 0 Å². The largest absolute Gasteiger partial charge is 0.394 e. The predicted octanol–water partition coefficient (Wildman–Crippen LogP) is 2.70. The van der Waals surface area contributed by atoms with E-state index < -0.39 is 0 Å². The maximum absolute atomic E-state index is 8.78. The van der Waals surface area contributed by atoms with E-state index in [0.717, 1.165) is 19.3 Å². The van der Waals surface area contributed by atoms with E-state index in [0.29, 0.717) is 13.2 Å². The summed E-state index contributed by atoms with van der Waals surface area (Å²) in [6, 6.07) is 0. The second kappa shape index (κ2) is 11.8. The van der Waals surface area contributed by atoms with E-state index in [1.54, 1.807) is 0 Å². The van der Waals surface area contributed by atoms with Gasteiger partial charge >= 0.3 is 0 Å². The maximum atomic E-state index is 8.78. The second-order valence-corrected chi connectivity index (χ2v) is 4.16. The van der Waals surface area contributed by atoms with Crippen molar-refractivity contribution in [3.05, 3.63) is 24.8 Å². The van der Waals surface area contributed by atoms with Crippen LogP contribution in [0.4, 0.5) is 0 Å². The Balaban J connectivity index is 3.37. The van der Waals surface area contributed by atoms with Crippen LogP contribution in [0, 0.1) is 0 Å². The zero-order chi connectivity index (χ0) is 12.9. The monoisotopic (exact) mass is 242 g/mol. The molecule has 0 aromatic carbocycles. The Bertz CT molecular complexity index is 202. The summed E-state index contributed by atoms with van der Waals surface area (Å²) in [5.74, 6) is 0. The van der Waals surface area contributed by atoms with E-state index in [1.165, 1.54) is 0 Å². The quantitative estimate of drug-likeness (QED) is 0.447. The Kier molecular flexibility index (Phi) is 11.4. The zero-order valence-corrected chi connectivity index (χ0v) is 11.1. The van der Waals surface area contributed by atoms with Crippen LogP contribution >= 0.6 is 0 Å². The maximum Gasteiger partial charge on any atom is 0.0784 e. The summed E-state index contributed by atoms with van der Waals surface area (Å²) in [4.78, 5) is 0. The number of allylic oxidation sites excluding steroid dienone is 2. The molecule has 1 N–H and O–H groups in total. The second-order valence-electron chi connectivity index (χ2n) is 4.16. The number of hydrogen-bond acceptors (Lipinski definition) is 3. The average molecular weight is 242 g/mol. The summed E-state index contributed by atoms with van der Waals surface area (Å²) < 4.78 is 10.9. The van der Waals surface area contributed by atoms with Crippen LogP contribution < -0.4 is 0 Å². The smallest absolute Gasteiger partial charge is 0.0784 e. The van der Waals surface area contributed by atoms with E-state index in [4.69, 9.17) is 14.6 Å². The highest BCUT2D eigenvalue weighted by Gasteiger charge is 2.04. The highest BCUT2D eigenvalue weighted by Crippen LogP contribution is 1.99. The minimum Gasteiger partial charge on any atom is -0.394 e. The molecular formula is C14H26O3. The van der Waals surface area contributed by atoms with E-state index in [1.807, 2.05) is 26.0 Å². The minimum absolute atomic E-state index is 0.0515. The fourth-order valence-corrected chi connectivity index (χ4v) is 1.19. The van der Waals surface area contributed by atoms with Crippen molar-refractivity contribution in [2.24, 2.45) is 0 Å². The number of ether oxygens (including phenoxy) is 2. The van der Waals surface area contributed by atoms with Crippen LogP contribution in [0.2, 0.25) is 0 Å². The molecule has 0 bridgehead atoms. The van der Waals surface area contributed by atoms with Gasteiger partial charge in [-0.2, -0.15) is 0 Å². The molecule has 0 spiro atoms. The van der Waals surface area contributed by atoms with Crippen molar-refractivity contribution in [2.75, 3.05) is 19.8 Å². The van der Waals surface area contributed by atoms with Crippen molar-refractivity contribution in [3.63, 3.8) is 0 Å². The van der Waals surface area contributed by atoms with E-state index in [-0.39, 0.29) is 18.8 Å². The number of rotatable bonds is 11. The van der Waals surface area contributed by atoms with Crippen LogP contribution in [0.3, 0.4) is 0 Å². The normalized spacial score (nSPS) is 15.0. The van der Waals surface area contributed by atoms with Crippen LogP contribution in [0.1, 0.15) is 33.1 Å². The fraction of sp³-hybridized carbons (Fsp3) is 0.714. The van der Waals surface area contributed by atoms with Gasteiger partial charge in [0.05, 0.1) is 32.0 Å². The fourth-order valence-electron chi connectivity index (χ4n) is 1.19. The van der Waals surface area contributed by atoms with Gasteiger partial charge in [-0.25, -0.2) is 0 Å². The van der Waals surface area contributed by atoms with Crippen LogP contribution in [0.5, 0.6) is 0 Å². The molecule has 0 aliphatic rings. The highest BCUT2D eigenvalue weighted by molar-refractivity contribution is 4.82. The molecule has 0 aliphatic heterocycles. The summed E-state index contributed by atoms with van der Waals surface area (Å²) in [5, 5.41) is 8.78. The molecule has 0 heterocycles. The van der Waals surface area contributed by atoms with E-state index in [2.05, 4.69) is 12.7 Å². The number of aliphatic hydroxyl groups is 1. The lowest BCUT2D eigenvalue weighted by atomic mass is 10.2. The molecule has 0 fully saturated rings. The molecule has 100 valence electrons. The number of hydrogen-bond donors (Lipinski definition) is 1. The molecular weight excluding hydrogens is 216 g/mol. The van der Waals surface area contributed by atoms with Gasteiger partial charge in [-0.1, -0.05) is 18.2 Å². The molecule has 2 unspecified atom stereocenters. The van der Waals surface area contributed by atoms with Crippen molar-refractivity contribution >= 4 is 0 Å². The third kappa shape index (κ3) is 11.6. The molecule has 0 radical (unpaired) electrons. The number of unbranched alkanes of at least 4 members (excludes halogenated alkanes) is 2. The van der Waals surface area contributed by atoms with Gasteiger partial charge in [-0.3, -0.25) is 0 Å². The van der Waals surface area contributed by atoms with Gasteiger partial charge in [0.15, 0.2) is 0 Å². The van der Waals surface area contributed by atoms with Gasteiger partial charge in [-0.15, -0.1) is 6.58 Å². The molecule has 0 saturated heterocycles. The molecule has 0 saturated carbocycles. The molecule has 0 aliphatic carbocycles. The summed E-state index contributed by atoms with van der Waals surface area (Å²) in [5.41, 5.74) is 0. The first-order valence-electron chi connectivity index (χ1n) is 6.30. The van der Waals surface area contributed by atoms with Crippen molar-refractivity contribution in [2.45, 2.75) is 45.3 Å². The van der Waals surface area contributed by atoms with Crippen LogP contribution in [-0.2, 0) is 9.47 Å². The molecule has 0 rings (SSSR count). The minimum atomic E-state index is -0.115. The van der Waals surface area contributed by atoms with Crippen LogP contribution in [0.15, 0.2) is 24.8 Å². The van der Waals surface area contributed by atoms with Crippen molar-refractivity contribution in [3.8, 4) is 0 Å². The van der Waals surface area contributed by atoms with Gasteiger partial charge in [0.2, 0.25) is 0 Å². The summed E-state index contributed by atoms with van der Waals surface area (Å²) in [6.07, 6.45) is 9.33. The molecule has 3 heteroatoms. The van der Waals surface area contributed by atoms with Crippen LogP contribution in [-0.4, -0.2) is 37.1 Å². The van der Waals surface area contributed by atoms with Gasteiger partial charge < -0.3 is 14.6 Å². The first kappa shape index (κ1) is 16.4. The van der Waals surface area contributed by atoms with Crippen LogP contribution in [0.25, 0.3) is 0 Å². The van der Waals surface area contributed by atoms with Gasteiger partial charge in [-0.05, 0) is 33.1 Å². The third-order valence-corrected chi connectivity index (χ3v) is 2.30. The molecule has 0 amide bonds. The molecule has 17 heavy (non-hydrogen) atoms. The highest BCUT2D eigenvalue weighted by atomic mass is 16.5. The molecule has 2 atom stereocenters. The molecule has 0 aromatic rings. The van der Waals surface area contributed by atoms with E-state index >= 15 is 0 Å². The lowest BCUT2D eigenvalue weighted by Gasteiger charge is -2.15. The van der Waals surface area contributed by atoms with Crippen molar-refractivity contribution < 1.29 is 14.6 Å². The van der Waals surface area contributed by atoms with Gasteiger partial charge in [0, 0.05) is 0 Å². The predicted molar refractivity (Wildman–Crippen MR) is 71.1 cm³/mol. The Morgan fingerprint density at radius 1 is 1.12 bits per heavy atom. The first-order valence-corrected chi connectivity index (χ1v) is 6.30. The van der Waals surface area contributed by atoms with Crippen molar-refractivity contribution in [1.82, 2.24) is 0 Å². The number of aliphatic hydroxyl groups excluding tert-OH is 1. The summed E-state index contributed by atoms with van der Waals surface area (Å²) in [6.45, 7) is 8.67. The zero-order valence-electron chi connectivity index (χ0n) is 11.1. The van der Waals surface area contributed by atoms with Crippen molar-refractivity contribution in [1.29, 1.82) is 0 Å². The summed E-state index contributed by atoms with van der Waals surface area (Å²) in [7, 11) is 0. The topological polar surface area (TPSA) is 38.7 Å².